The molecule has 3 atom stereocenters. The van der Waals surface area contributed by atoms with E-state index in [1.807, 2.05) is 13.8 Å². The second-order valence-electron chi connectivity index (χ2n) is 14.3. The van der Waals surface area contributed by atoms with Gasteiger partial charge in [0.05, 0.1) is 37.6 Å². The van der Waals surface area contributed by atoms with Crippen molar-refractivity contribution in [2.75, 3.05) is 71.5 Å². The fourth-order valence-corrected chi connectivity index (χ4v) is 8.13. The largest absolute Gasteiger partial charge is 0.451 e. The van der Waals surface area contributed by atoms with Crippen LogP contribution in [0.1, 0.15) is 56.3 Å². The fourth-order valence-electron chi connectivity index (χ4n) is 7.31. The first-order valence-electron chi connectivity index (χ1n) is 17.0. The van der Waals surface area contributed by atoms with E-state index in [4.69, 9.17) is 14.2 Å². The van der Waals surface area contributed by atoms with Gasteiger partial charge < -0.3 is 29.1 Å². The molecule has 4 fully saturated rings. The summed E-state index contributed by atoms with van der Waals surface area (Å²) >= 11 is 0. The molecule has 4 saturated heterocycles. The van der Waals surface area contributed by atoms with E-state index >= 15 is 0 Å². The molecule has 14 nitrogen and oxygen atoms in total. The Hall–Kier alpha value is -2.99. The molecule has 1 amide bonds. The number of amides is 1. The predicted molar refractivity (Wildman–Crippen MR) is 179 cm³/mol. The Kier molecular flexibility index (Phi) is 10.5. The Morgan fingerprint density at radius 3 is 2.55 bits per heavy atom. The normalized spacial score (nSPS) is 25.9. The number of halogens is 1. The molecule has 2 aromatic rings. The van der Waals surface area contributed by atoms with Crippen LogP contribution in [0.2, 0.25) is 0 Å². The van der Waals surface area contributed by atoms with Gasteiger partial charge in [0.1, 0.15) is 17.9 Å². The zero-order valence-electron chi connectivity index (χ0n) is 28.7. The van der Waals surface area contributed by atoms with Crippen LogP contribution in [0.15, 0.2) is 30.7 Å². The highest BCUT2D eigenvalue weighted by atomic mass is 32.2. The summed E-state index contributed by atoms with van der Waals surface area (Å²) in [5.41, 5.74) is 0.222. The van der Waals surface area contributed by atoms with E-state index in [1.54, 1.807) is 11.1 Å². The summed E-state index contributed by atoms with van der Waals surface area (Å²) in [7, 11) is -0.638. The third-order valence-electron chi connectivity index (χ3n) is 10.1. The lowest BCUT2D eigenvalue weighted by atomic mass is 9.72. The van der Waals surface area contributed by atoms with Crippen LogP contribution in [0.5, 0.6) is 11.5 Å². The van der Waals surface area contributed by atoms with Gasteiger partial charge in [-0.05, 0) is 70.8 Å². The van der Waals surface area contributed by atoms with Gasteiger partial charge >= 0.3 is 0 Å². The molecule has 1 spiro atoms. The lowest BCUT2D eigenvalue weighted by molar-refractivity contribution is -0.239. The summed E-state index contributed by atoms with van der Waals surface area (Å²) in [6.45, 7) is 8.49. The second kappa shape index (κ2) is 14.3. The Balaban J connectivity index is 1.05. The number of aromatic nitrogens is 2. The maximum Gasteiger partial charge on any atom is 0.279 e. The van der Waals surface area contributed by atoms with E-state index in [1.165, 1.54) is 38.6 Å². The summed E-state index contributed by atoms with van der Waals surface area (Å²) in [5.74, 6) is -0.925. The number of benzene rings is 1. The molecular weight excluding hydrogens is 657 g/mol. The average molecular weight is 706 g/mol. The van der Waals surface area contributed by atoms with E-state index in [-0.39, 0.29) is 47.4 Å². The van der Waals surface area contributed by atoms with Crippen molar-refractivity contribution in [1.82, 2.24) is 28.8 Å². The molecule has 49 heavy (non-hydrogen) atoms. The van der Waals surface area contributed by atoms with Crippen molar-refractivity contribution in [3.8, 4) is 11.5 Å². The van der Waals surface area contributed by atoms with E-state index in [0.717, 1.165) is 49.7 Å². The number of carbonyl (C=O) groups excluding carboxylic acids is 1. The number of ether oxygens (including phenoxy) is 3. The van der Waals surface area contributed by atoms with Crippen molar-refractivity contribution in [3.05, 3.63) is 42.1 Å². The van der Waals surface area contributed by atoms with Crippen molar-refractivity contribution in [2.45, 2.75) is 69.9 Å². The average Bonchev–Trinajstić information content (AvgIpc) is 3.57. The molecule has 4 aliphatic heterocycles. The van der Waals surface area contributed by atoms with Crippen LogP contribution in [0.25, 0.3) is 0 Å². The number of anilines is 1. The minimum atomic E-state index is -3.57. The first-order valence-corrected chi connectivity index (χ1v) is 18.4. The van der Waals surface area contributed by atoms with Gasteiger partial charge in [-0.25, -0.2) is 14.4 Å². The number of aliphatic hydroxyl groups is 1. The molecule has 1 aromatic carbocycles. The molecule has 0 radical (unpaired) electrons. The third kappa shape index (κ3) is 8.00. The summed E-state index contributed by atoms with van der Waals surface area (Å²) in [4.78, 5) is 28.6. The summed E-state index contributed by atoms with van der Waals surface area (Å²) in [6, 6.07) is 3.38. The molecule has 0 saturated carbocycles. The Bertz CT molecular complexity index is 1580. The molecule has 1 unspecified atom stereocenters. The van der Waals surface area contributed by atoms with Gasteiger partial charge in [-0.2, -0.15) is 17.4 Å². The highest BCUT2D eigenvalue weighted by Gasteiger charge is 2.47. The monoisotopic (exact) mass is 705 g/mol. The summed E-state index contributed by atoms with van der Waals surface area (Å²) in [5, 5.41) is 11.1. The van der Waals surface area contributed by atoms with Crippen molar-refractivity contribution >= 4 is 21.9 Å². The SMILES string of the molecule is CC(C)N(C(=O)c1cc(F)ccc1Oc1cncnc1N1CC2(CCN(C[C@@]3(O)CC[C@@H](NS(=O)(=O)N(C)C)CO3)CC2)C1)C1CCOC1. The molecule has 5 heterocycles. The highest BCUT2D eigenvalue weighted by Crippen LogP contribution is 2.45. The van der Waals surface area contributed by atoms with Gasteiger partial charge in [-0.1, -0.05) is 0 Å². The van der Waals surface area contributed by atoms with Gasteiger partial charge in [0, 0.05) is 57.7 Å². The molecule has 270 valence electrons. The van der Waals surface area contributed by atoms with Gasteiger partial charge in [0.15, 0.2) is 17.4 Å². The van der Waals surface area contributed by atoms with Gasteiger partial charge in [0.25, 0.3) is 16.1 Å². The third-order valence-corrected chi connectivity index (χ3v) is 11.7. The lowest BCUT2D eigenvalue weighted by Crippen LogP contribution is -2.62. The minimum absolute atomic E-state index is 0.0857. The van der Waals surface area contributed by atoms with Crippen LogP contribution in [-0.4, -0.2) is 134 Å². The number of likely N-dealkylation sites (tertiary alicyclic amines) is 1. The molecule has 0 aliphatic carbocycles. The Morgan fingerprint density at radius 1 is 1.16 bits per heavy atom. The maximum absolute atomic E-state index is 14.5. The molecule has 0 bridgehead atoms. The van der Waals surface area contributed by atoms with Crippen molar-refractivity contribution < 1.29 is 36.9 Å². The van der Waals surface area contributed by atoms with Crippen LogP contribution in [-0.2, 0) is 19.7 Å². The molecule has 4 aliphatic rings. The summed E-state index contributed by atoms with van der Waals surface area (Å²) in [6.07, 6.45) is 6.44. The topological polar surface area (TPSA) is 150 Å². The van der Waals surface area contributed by atoms with Gasteiger partial charge in [0.2, 0.25) is 0 Å². The van der Waals surface area contributed by atoms with Crippen LogP contribution >= 0.6 is 0 Å². The van der Waals surface area contributed by atoms with E-state index in [2.05, 4.69) is 24.5 Å². The van der Waals surface area contributed by atoms with E-state index < -0.39 is 21.8 Å². The molecule has 6 rings (SSSR count). The number of nitrogens with zero attached hydrogens (tertiary/aromatic N) is 6. The summed E-state index contributed by atoms with van der Waals surface area (Å²) < 4.78 is 60.2. The predicted octanol–water partition coefficient (Wildman–Crippen LogP) is 2.21. The molecule has 2 N–H and O–H groups in total. The van der Waals surface area contributed by atoms with Crippen LogP contribution in [0, 0.1) is 11.2 Å². The number of hydrogen-bond acceptors (Lipinski definition) is 11. The fraction of sp³-hybridized carbons (Fsp3) is 0.667. The number of β-amino-alcohol motifs (C(OH)–C–C–N with tert-alkyl or cyclic N) is 1. The molecule has 16 heteroatoms. The standard InChI is InChI=1S/C33H48FN7O7S/c1-23(2)41(26-8-14-46-18-26)31(42)27-15-24(34)5-6-28(27)48-29-16-35-22-36-30(29)40-19-32(20-40)10-12-39(13-11-32)21-33(43)9-7-25(17-47-33)37-49(44,45)38(3)4/h5-6,15-16,22-23,25-26,37,43H,7-14,17-21H2,1-4H3/t25-,26?,33-/m1/s1. The quantitative estimate of drug-likeness (QED) is 0.355. The maximum atomic E-state index is 14.5. The van der Waals surface area contributed by atoms with Crippen LogP contribution in [0.4, 0.5) is 10.2 Å². The molecular formula is C33H48FN7O7S. The zero-order chi connectivity index (χ0) is 35.0. The second-order valence-corrected chi connectivity index (χ2v) is 16.2. The number of nitrogens with one attached hydrogen (secondary N) is 1. The van der Waals surface area contributed by atoms with Crippen molar-refractivity contribution in [3.63, 3.8) is 0 Å². The van der Waals surface area contributed by atoms with E-state index in [0.29, 0.717) is 44.2 Å². The highest BCUT2D eigenvalue weighted by molar-refractivity contribution is 7.87. The Labute approximate surface area is 287 Å². The van der Waals surface area contributed by atoms with Crippen molar-refractivity contribution in [1.29, 1.82) is 0 Å². The van der Waals surface area contributed by atoms with E-state index in [9.17, 15) is 22.7 Å². The Morgan fingerprint density at radius 2 is 1.92 bits per heavy atom. The first kappa shape index (κ1) is 35.8. The van der Waals surface area contributed by atoms with Crippen LogP contribution in [0.3, 0.4) is 0 Å². The van der Waals surface area contributed by atoms with Crippen LogP contribution < -0.4 is 14.4 Å². The number of hydrogen-bond donors (Lipinski definition) is 2. The number of rotatable bonds is 11. The zero-order valence-corrected chi connectivity index (χ0v) is 29.5. The lowest BCUT2D eigenvalue weighted by Gasteiger charge is -2.55. The minimum Gasteiger partial charge on any atom is -0.451 e. The van der Waals surface area contributed by atoms with Gasteiger partial charge in [-0.3, -0.25) is 9.69 Å². The first-order chi connectivity index (χ1) is 23.3. The number of piperidine rings is 1. The van der Waals surface area contributed by atoms with Crippen molar-refractivity contribution in [2.24, 2.45) is 5.41 Å². The molecule has 1 aromatic heterocycles. The van der Waals surface area contributed by atoms with Gasteiger partial charge in [-0.15, -0.1) is 0 Å². The number of carbonyl (C=O) groups is 1. The smallest absolute Gasteiger partial charge is 0.279 e.